The molecule has 1 aliphatic rings. The van der Waals surface area contributed by atoms with Crippen LogP contribution in [0.4, 0.5) is 0 Å². The number of rotatable bonds is 1. The second-order valence-electron chi connectivity index (χ2n) is 2.92. The Morgan fingerprint density at radius 1 is 1.42 bits per heavy atom. The van der Waals surface area contributed by atoms with Crippen LogP contribution in [-0.4, -0.2) is 31.0 Å². The molecule has 0 aromatic rings. The first-order chi connectivity index (χ1) is 5.48. The van der Waals surface area contributed by atoms with Gasteiger partial charge in [0.2, 0.25) is 0 Å². The first kappa shape index (κ1) is 12.4. The largest absolute Gasteiger partial charge is 0.326 e. The van der Waals surface area contributed by atoms with Crippen LogP contribution in [0.1, 0.15) is 12.8 Å². The third-order valence-electron chi connectivity index (χ3n) is 1.69. The molecule has 0 aromatic heterocycles. The van der Waals surface area contributed by atoms with Crippen LogP contribution in [0.3, 0.4) is 0 Å². The summed E-state index contributed by atoms with van der Waals surface area (Å²) in [5, 5.41) is 0. The first-order valence-corrected chi connectivity index (χ1v) is 7.59. The second kappa shape index (κ2) is 5.93. The molecular weight excluding hydrogens is 198 g/mol. The normalized spacial score (nSPS) is 22.6. The van der Waals surface area contributed by atoms with E-state index in [1.807, 2.05) is 6.66 Å². The fourth-order valence-electron chi connectivity index (χ4n) is 1.00. The molecule has 1 aliphatic heterocycles. The molecule has 4 nitrogen and oxygen atoms in total. The molecule has 1 atom stereocenters. The Bertz CT molecular complexity index is 182. The smallest absolute Gasteiger partial charge is 0.316 e. The number of hydrogen-bond donors (Lipinski definition) is 1. The Hall–Kier alpha value is 0.380. The van der Waals surface area contributed by atoms with Gasteiger partial charge >= 0.3 is 8.25 Å². The molecule has 0 aromatic carbocycles. The molecule has 1 rings (SSSR count). The molecule has 0 spiro atoms. The molecule has 0 saturated carbocycles. The summed E-state index contributed by atoms with van der Waals surface area (Å²) >= 11 is 0. The molecule has 0 aliphatic carbocycles. The van der Waals surface area contributed by atoms with Gasteiger partial charge in [0.15, 0.2) is 0 Å². The first-order valence-electron chi connectivity index (χ1n) is 3.80. The fourth-order valence-corrected chi connectivity index (χ4v) is 3.01. The van der Waals surface area contributed by atoms with Gasteiger partial charge in [0, 0.05) is 19.4 Å². The van der Waals surface area contributed by atoms with E-state index in [0.717, 1.165) is 12.3 Å². The van der Waals surface area contributed by atoms with Crippen molar-refractivity contribution >= 4 is 15.4 Å². The summed E-state index contributed by atoms with van der Waals surface area (Å²) in [5.74, 6) is 0. The Balaban J connectivity index is 0.000000217. The maximum Gasteiger partial charge on any atom is 0.316 e. The van der Waals surface area contributed by atoms with Crippen LogP contribution < -0.4 is 0 Å². The molecule has 1 heterocycles. The molecule has 1 N–H and O–H groups in total. The van der Waals surface area contributed by atoms with Crippen molar-refractivity contribution in [3.63, 3.8) is 0 Å². The van der Waals surface area contributed by atoms with Crippen molar-refractivity contribution in [1.29, 1.82) is 0 Å². The Kier molecular flexibility index (Phi) is 6.12. The van der Waals surface area contributed by atoms with Crippen LogP contribution in [0.5, 0.6) is 0 Å². The Labute approximate surface area is 73.6 Å². The predicted molar refractivity (Wildman–Crippen MR) is 50.7 cm³/mol. The van der Waals surface area contributed by atoms with Gasteiger partial charge in [0.05, 0.1) is 7.14 Å². The molecular formula is C6H16O4P2. The Morgan fingerprint density at radius 3 is 1.83 bits per heavy atom. The summed E-state index contributed by atoms with van der Waals surface area (Å²) in [4.78, 5) is 7.69. The minimum atomic E-state index is -2.62. The summed E-state index contributed by atoms with van der Waals surface area (Å²) < 4.78 is 24.2. The molecule has 0 bridgehead atoms. The van der Waals surface area contributed by atoms with E-state index in [1.54, 1.807) is 0 Å². The minimum absolute atomic E-state index is 1.01. The van der Waals surface area contributed by atoms with E-state index < -0.39 is 15.4 Å². The quantitative estimate of drug-likeness (QED) is 0.676. The third-order valence-corrected chi connectivity index (χ3v) is 4.56. The van der Waals surface area contributed by atoms with Crippen molar-refractivity contribution < 1.29 is 18.5 Å². The van der Waals surface area contributed by atoms with E-state index in [1.165, 1.54) is 20.0 Å². The van der Waals surface area contributed by atoms with Crippen LogP contribution in [-0.2, 0) is 13.7 Å². The molecule has 0 amide bonds. The monoisotopic (exact) mass is 214 g/mol. The van der Waals surface area contributed by atoms with E-state index in [0.29, 0.717) is 0 Å². The highest BCUT2D eigenvalue weighted by Gasteiger charge is 2.19. The van der Waals surface area contributed by atoms with Crippen LogP contribution >= 0.6 is 15.4 Å². The standard InChI is InChI=1S/C5H11OP.CH5O3P/c1-7(6)4-2-3-5-7;1-4-5(2)3/h2-5H2,1H3;5H,1H3,(H,2,3). The zero-order valence-corrected chi connectivity index (χ0v) is 9.34. The highest BCUT2D eigenvalue weighted by atomic mass is 31.2. The second-order valence-corrected chi connectivity index (χ2v) is 7.35. The van der Waals surface area contributed by atoms with E-state index in [4.69, 9.17) is 4.89 Å². The predicted octanol–water partition coefficient (Wildman–Crippen LogP) is 1.79. The SMILES string of the molecule is CO[PH](=O)O.CP1(=O)CCCC1. The maximum absolute atomic E-state index is 11.0. The molecule has 6 heteroatoms. The molecule has 1 fully saturated rings. The highest BCUT2D eigenvalue weighted by molar-refractivity contribution is 7.63. The van der Waals surface area contributed by atoms with Crippen molar-refractivity contribution in [3.05, 3.63) is 0 Å². The summed E-state index contributed by atoms with van der Waals surface area (Å²) in [6.45, 7) is 1.92. The van der Waals surface area contributed by atoms with Crippen LogP contribution in [0.2, 0.25) is 0 Å². The maximum atomic E-state index is 11.0. The van der Waals surface area contributed by atoms with Gasteiger partial charge in [-0.3, -0.25) is 4.57 Å². The van der Waals surface area contributed by atoms with Crippen LogP contribution in [0.15, 0.2) is 0 Å². The van der Waals surface area contributed by atoms with Gasteiger partial charge in [0.25, 0.3) is 0 Å². The van der Waals surface area contributed by atoms with Crippen molar-refractivity contribution in [2.75, 3.05) is 26.1 Å². The molecule has 1 saturated heterocycles. The lowest BCUT2D eigenvalue weighted by Crippen LogP contribution is -1.75. The van der Waals surface area contributed by atoms with Crippen molar-refractivity contribution in [1.82, 2.24) is 0 Å². The molecule has 74 valence electrons. The Morgan fingerprint density at radius 2 is 1.75 bits per heavy atom. The lowest BCUT2D eigenvalue weighted by Gasteiger charge is -1.96. The highest BCUT2D eigenvalue weighted by Crippen LogP contribution is 2.47. The van der Waals surface area contributed by atoms with Crippen LogP contribution in [0.25, 0.3) is 0 Å². The van der Waals surface area contributed by atoms with Crippen molar-refractivity contribution in [2.24, 2.45) is 0 Å². The average Bonchev–Trinajstić information content (AvgIpc) is 2.35. The summed E-state index contributed by atoms with van der Waals surface area (Å²) in [7, 11) is -2.99. The van der Waals surface area contributed by atoms with E-state index in [2.05, 4.69) is 4.52 Å². The van der Waals surface area contributed by atoms with Gasteiger partial charge in [-0.05, 0) is 19.5 Å². The summed E-state index contributed by atoms with van der Waals surface area (Å²) in [6, 6.07) is 0. The van der Waals surface area contributed by atoms with E-state index in [-0.39, 0.29) is 0 Å². The molecule has 0 radical (unpaired) electrons. The summed E-state index contributed by atoms with van der Waals surface area (Å²) in [6.07, 6.45) is 4.42. The third kappa shape index (κ3) is 7.05. The van der Waals surface area contributed by atoms with Gasteiger partial charge < -0.3 is 14.0 Å². The van der Waals surface area contributed by atoms with Gasteiger partial charge in [-0.2, -0.15) is 0 Å². The number of hydrogen-bond acceptors (Lipinski definition) is 3. The minimum Gasteiger partial charge on any atom is -0.326 e. The van der Waals surface area contributed by atoms with Gasteiger partial charge in [0.1, 0.15) is 0 Å². The van der Waals surface area contributed by atoms with Gasteiger partial charge in [-0.1, -0.05) is 0 Å². The lowest BCUT2D eigenvalue weighted by atomic mass is 10.4. The summed E-state index contributed by atoms with van der Waals surface area (Å²) in [5.41, 5.74) is 0. The molecule has 1 unspecified atom stereocenters. The zero-order valence-electron chi connectivity index (χ0n) is 7.45. The van der Waals surface area contributed by atoms with Crippen LogP contribution in [0, 0.1) is 0 Å². The zero-order chi connectivity index (χ0) is 9.61. The lowest BCUT2D eigenvalue weighted by molar-refractivity contribution is 0.343. The van der Waals surface area contributed by atoms with E-state index >= 15 is 0 Å². The topological polar surface area (TPSA) is 63.6 Å². The van der Waals surface area contributed by atoms with Gasteiger partial charge in [-0.25, -0.2) is 0 Å². The van der Waals surface area contributed by atoms with Crippen molar-refractivity contribution in [2.45, 2.75) is 12.8 Å². The molecule has 12 heavy (non-hydrogen) atoms. The van der Waals surface area contributed by atoms with E-state index in [9.17, 15) is 9.13 Å². The fraction of sp³-hybridized carbons (Fsp3) is 1.00. The van der Waals surface area contributed by atoms with Gasteiger partial charge in [-0.15, -0.1) is 0 Å². The average molecular weight is 214 g/mol. The van der Waals surface area contributed by atoms with Crippen molar-refractivity contribution in [3.8, 4) is 0 Å².